The first kappa shape index (κ1) is 17.1. The fourth-order valence-corrected chi connectivity index (χ4v) is 3.62. The van der Waals surface area contributed by atoms with Crippen molar-refractivity contribution in [3.63, 3.8) is 0 Å². The number of hydrogen-bond donors (Lipinski definition) is 2. The van der Waals surface area contributed by atoms with Crippen LogP contribution in [0.3, 0.4) is 0 Å². The zero-order valence-electron chi connectivity index (χ0n) is 10.9. The molecule has 1 aromatic rings. The summed E-state index contributed by atoms with van der Waals surface area (Å²) in [4.78, 5) is 0.158. The first-order valence-corrected chi connectivity index (χ1v) is 8.73. The van der Waals surface area contributed by atoms with Gasteiger partial charge in [0.1, 0.15) is 0 Å². The summed E-state index contributed by atoms with van der Waals surface area (Å²) in [5, 5.41) is 9.33. The van der Waals surface area contributed by atoms with Crippen LogP contribution in [0.4, 0.5) is 0 Å². The Bertz CT molecular complexity index is 553. The van der Waals surface area contributed by atoms with Gasteiger partial charge in [-0.25, -0.2) is 13.1 Å². The lowest BCUT2D eigenvalue weighted by Gasteiger charge is -2.29. The molecule has 7 heteroatoms. The van der Waals surface area contributed by atoms with Crippen molar-refractivity contribution in [3.8, 4) is 0 Å². The molecule has 1 rings (SSSR count). The van der Waals surface area contributed by atoms with E-state index < -0.39 is 16.1 Å². The minimum Gasteiger partial charge on any atom is -0.395 e. The van der Waals surface area contributed by atoms with Crippen LogP contribution in [-0.4, -0.2) is 26.2 Å². The van der Waals surface area contributed by atoms with Gasteiger partial charge < -0.3 is 5.11 Å². The van der Waals surface area contributed by atoms with Crippen molar-refractivity contribution in [2.24, 2.45) is 5.41 Å². The van der Waals surface area contributed by atoms with Crippen molar-refractivity contribution in [3.05, 3.63) is 27.1 Å². The Morgan fingerprint density at radius 3 is 2.26 bits per heavy atom. The molecule has 0 spiro atoms. The smallest absolute Gasteiger partial charge is 0.240 e. The Morgan fingerprint density at radius 2 is 1.84 bits per heavy atom. The van der Waals surface area contributed by atoms with Gasteiger partial charge in [0.15, 0.2) is 0 Å². The summed E-state index contributed by atoms with van der Waals surface area (Å²) >= 11 is 6.56. The van der Waals surface area contributed by atoms with Crippen molar-refractivity contribution in [1.82, 2.24) is 4.72 Å². The van der Waals surface area contributed by atoms with Crippen LogP contribution in [0.1, 0.15) is 20.8 Å². The molecule has 0 fully saturated rings. The Labute approximate surface area is 130 Å². The zero-order chi connectivity index (χ0) is 14.8. The minimum atomic E-state index is -3.65. The van der Waals surface area contributed by atoms with Gasteiger partial charge >= 0.3 is 0 Å². The second kappa shape index (κ2) is 6.22. The van der Waals surface area contributed by atoms with E-state index in [2.05, 4.69) is 36.6 Å². The fourth-order valence-electron chi connectivity index (χ4n) is 1.39. The largest absolute Gasteiger partial charge is 0.395 e. The van der Waals surface area contributed by atoms with Crippen LogP contribution < -0.4 is 4.72 Å². The van der Waals surface area contributed by atoms with Gasteiger partial charge in [-0.3, -0.25) is 0 Å². The lowest BCUT2D eigenvalue weighted by Crippen LogP contribution is -2.46. The van der Waals surface area contributed by atoms with Gasteiger partial charge in [-0.15, -0.1) is 0 Å². The van der Waals surface area contributed by atoms with E-state index in [4.69, 9.17) is 0 Å². The van der Waals surface area contributed by atoms with Crippen molar-refractivity contribution in [2.45, 2.75) is 31.7 Å². The maximum Gasteiger partial charge on any atom is 0.240 e. The molecule has 0 aliphatic carbocycles. The highest BCUT2D eigenvalue weighted by Crippen LogP contribution is 2.27. The van der Waals surface area contributed by atoms with Gasteiger partial charge in [0.25, 0.3) is 0 Å². The molecule has 0 aromatic heterocycles. The highest BCUT2D eigenvalue weighted by molar-refractivity contribution is 9.13. The first-order chi connectivity index (χ1) is 8.58. The van der Waals surface area contributed by atoms with E-state index in [0.29, 0.717) is 4.47 Å². The molecule has 0 amide bonds. The quantitative estimate of drug-likeness (QED) is 0.795. The number of hydrogen-bond acceptors (Lipinski definition) is 3. The monoisotopic (exact) mass is 413 g/mol. The fraction of sp³-hybridized carbons (Fsp3) is 0.500. The molecule has 0 saturated heterocycles. The predicted molar refractivity (Wildman–Crippen MR) is 82.5 cm³/mol. The van der Waals surface area contributed by atoms with Crippen LogP contribution >= 0.6 is 31.9 Å². The van der Waals surface area contributed by atoms with E-state index in [1.54, 1.807) is 6.07 Å². The molecule has 0 radical (unpaired) electrons. The highest BCUT2D eigenvalue weighted by Gasteiger charge is 2.29. The molecule has 0 aliphatic rings. The van der Waals surface area contributed by atoms with E-state index in [1.165, 1.54) is 12.1 Å². The van der Waals surface area contributed by atoms with Gasteiger partial charge in [0, 0.05) is 15.0 Å². The van der Waals surface area contributed by atoms with Crippen LogP contribution in [0.2, 0.25) is 0 Å². The highest BCUT2D eigenvalue weighted by atomic mass is 79.9. The molecule has 2 N–H and O–H groups in total. The van der Waals surface area contributed by atoms with E-state index in [9.17, 15) is 13.5 Å². The molecule has 1 atom stereocenters. The molecular formula is C12H17Br2NO3S. The summed E-state index contributed by atoms with van der Waals surface area (Å²) in [6.07, 6.45) is 0. The summed E-state index contributed by atoms with van der Waals surface area (Å²) in [6.45, 7) is 5.36. The van der Waals surface area contributed by atoms with Crippen LogP contribution in [0.5, 0.6) is 0 Å². The van der Waals surface area contributed by atoms with Gasteiger partial charge in [-0.05, 0) is 55.5 Å². The molecule has 108 valence electrons. The van der Waals surface area contributed by atoms with E-state index >= 15 is 0 Å². The van der Waals surface area contributed by atoms with Crippen molar-refractivity contribution < 1.29 is 13.5 Å². The van der Waals surface area contributed by atoms with Gasteiger partial charge in [-0.1, -0.05) is 20.8 Å². The molecule has 19 heavy (non-hydrogen) atoms. The predicted octanol–water partition coefficient (Wildman–Crippen LogP) is 2.90. The Balaban J connectivity index is 3.07. The third kappa shape index (κ3) is 4.53. The molecule has 0 heterocycles. The number of nitrogens with one attached hydrogen (secondary N) is 1. The van der Waals surface area contributed by atoms with Crippen molar-refractivity contribution in [2.75, 3.05) is 6.61 Å². The van der Waals surface area contributed by atoms with Gasteiger partial charge in [0.05, 0.1) is 11.5 Å². The third-order valence-electron chi connectivity index (χ3n) is 2.73. The minimum absolute atomic E-state index is 0.158. The number of rotatable bonds is 4. The summed E-state index contributed by atoms with van der Waals surface area (Å²) in [5.41, 5.74) is -0.367. The van der Waals surface area contributed by atoms with Crippen LogP contribution in [0, 0.1) is 5.41 Å². The number of aliphatic hydroxyl groups is 1. The maximum atomic E-state index is 12.3. The molecule has 1 aromatic carbocycles. The van der Waals surface area contributed by atoms with E-state index in [-0.39, 0.29) is 16.9 Å². The number of aliphatic hydroxyl groups excluding tert-OH is 1. The van der Waals surface area contributed by atoms with Gasteiger partial charge in [0.2, 0.25) is 10.0 Å². The normalized spacial score (nSPS) is 14.4. The Morgan fingerprint density at radius 1 is 1.26 bits per heavy atom. The Hall–Kier alpha value is 0.0500. The molecule has 0 unspecified atom stereocenters. The second-order valence-electron chi connectivity index (χ2n) is 5.30. The van der Waals surface area contributed by atoms with Crippen LogP contribution in [0.25, 0.3) is 0 Å². The van der Waals surface area contributed by atoms with E-state index in [1.807, 2.05) is 20.8 Å². The topological polar surface area (TPSA) is 66.4 Å². The van der Waals surface area contributed by atoms with Crippen LogP contribution in [0.15, 0.2) is 32.0 Å². The lowest BCUT2D eigenvalue weighted by atomic mass is 9.88. The molecule has 0 aliphatic heterocycles. The molecule has 4 nitrogen and oxygen atoms in total. The maximum absolute atomic E-state index is 12.3. The summed E-state index contributed by atoms with van der Waals surface area (Å²) < 4.78 is 28.5. The average Bonchev–Trinajstić information content (AvgIpc) is 2.28. The molecular weight excluding hydrogens is 398 g/mol. The SMILES string of the molecule is CC(C)(C)[C@@H](CO)NS(=O)(=O)c1ccc(Br)c(Br)c1. The Kier molecular flexibility index (Phi) is 5.60. The summed E-state index contributed by atoms with van der Waals surface area (Å²) in [5.74, 6) is 0. The lowest BCUT2D eigenvalue weighted by molar-refractivity contribution is 0.177. The zero-order valence-corrected chi connectivity index (χ0v) is 14.9. The molecule has 0 saturated carbocycles. The number of sulfonamides is 1. The summed E-state index contributed by atoms with van der Waals surface area (Å²) in [6, 6.07) is 4.14. The van der Waals surface area contributed by atoms with Crippen molar-refractivity contribution in [1.29, 1.82) is 0 Å². The van der Waals surface area contributed by atoms with Crippen molar-refractivity contribution >= 4 is 41.9 Å². The standard InChI is InChI=1S/C12H17Br2NO3S/c1-12(2,3)11(7-16)15-19(17,18)8-4-5-9(13)10(14)6-8/h4-6,11,15-16H,7H2,1-3H3/t11-/m1/s1. The van der Waals surface area contributed by atoms with Crippen LogP contribution in [-0.2, 0) is 10.0 Å². The van der Waals surface area contributed by atoms with Gasteiger partial charge in [-0.2, -0.15) is 0 Å². The average molecular weight is 415 g/mol. The third-order valence-corrected chi connectivity index (χ3v) is 6.08. The summed E-state index contributed by atoms with van der Waals surface area (Å²) in [7, 11) is -3.65. The number of benzene rings is 1. The second-order valence-corrected chi connectivity index (χ2v) is 8.72. The number of halogens is 2. The van der Waals surface area contributed by atoms with E-state index in [0.717, 1.165) is 4.47 Å². The first-order valence-electron chi connectivity index (χ1n) is 5.66. The molecule has 0 bridgehead atoms.